The standard InChI is InChI=1S/C9H8FNO3/c1-5-8(6(2)12)3-7(11(13)14)4-9(5)10/h3-4H,1-2H3. The molecule has 74 valence electrons. The van der Waals surface area contributed by atoms with Gasteiger partial charge in [-0.05, 0) is 19.4 Å². The van der Waals surface area contributed by atoms with E-state index in [1.807, 2.05) is 0 Å². The molecule has 5 heteroatoms. The minimum atomic E-state index is -0.732. The van der Waals surface area contributed by atoms with Crippen molar-refractivity contribution in [3.8, 4) is 0 Å². The quantitative estimate of drug-likeness (QED) is 0.415. The molecule has 0 saturated carbocycles. The molecule has 0 amide bonds. The van der Waals surface area contributed by atoms with Gasteiger partial charge in [0.25, 0.3) is 5.69 Å². The number of hydrogen-bond acceptors (Lipinski definition) is 3. The van der Waals surface area contributed by atoms with E-state index in [1.165, 1.54) is 13.8 Å². The molecule has 0 heterocycles. The number of non-ortho nitro benzene ring substituents is 1. The van der Waals surface area contributed by atoms with Crippen LogP contribution in [0.15, 0.2) is 12.1 Å². The van der Waals surface area contributed by atoms with E-state index >= 15 is 0 Å². The van der Waals surface area contributed by atoms with Crippen molar-refractivity contribution in [2.24, 2.45) is 0 Å². The molecule has 0 bridgehead atoms. The Morgan fingerprint density at radius 1 is 1.50 bits per heavy atom. The second-order valence-electron chi connectivity index (χ2n) is 2.91. The Kier molecular flexibility index (Phi) is 2.60. The fraction of sp³-hybridized carbons (Fsp3) is 0.222. The molecule has 0 fully saturated rings. The van der Waals surface area contributed by atoms with Gasteiger partial charge in [0.05, 0.1) is 11.0 Å². The number of nitro groups is 1. The highest BCUT2D eigenvalue weighted by molar-refractivity contribution is 5.96. The fourth-order valence-electron chi connectivity index (χ4n) is 1.14. The number of nitro benzene ring substituents is 1. The van der Waals surface area contributed by atoms with Gasteiger partial charge in [0.2, 0.25) is 0 Å². The Hall–Kier alpha value is -1.78. The highest BCUT2D eigenvalue weighted by Gasteiger charge is 2.16. The van der Waals surface area contributed by atoms with E-state index in [0.717, 1.165) is 12.1 Å². The summed E-state index contributed by atoms with van der Waals surface area (Å²) < 4.78 is 13.1. The van der Waals surface area contributed by atoms with Gasteiger partial charge in [-0.3, -0.25) is 14.9 Å². The van der Waals surface area contributed by atoms with Crippen LogP contribution in [0.2, 0.25) is 0 Å². The zero-order chi connectivity index (χ0) is 10.9. The summed E-state index contributed by atoms with van der Waals surface area (Å²) in [6.45, 7) is 2.65. The Balaban J connectivity index is 3.43. The van der Waals surface area contributed by atoms with E-state index in [9.17, 15) is 19.3 Å². The summed E-state index contributed by atoms with van der Waals surface area (Å²) >= 11 is 0. The van der Waals surface area contributed by atoms with Gasteiger partial charge in [0, 0.05) is 11.6 Å². The third-order valence-corrected chi connectivity index (χ3v) is 1.92. The summed E-state index contributed by atoms with van der Waals surface area (Å²) in [6, 6.07) is 1.89. The Morgan fingerprint density at radius 3 is 2.50 bits per heavy atom. The van der Waals surface area contributed by atoms with Gasteiger partial charge < -0.3 is 0 Å². The molecule has 0 aromatic heterocycles. The first kappa shape index (κ1) is 10.3. The van der Waals surface area contributed by atoms with E-state index in [2.05, 4.69) is 0 Å². The molecule has 0 aliphatic rings. The number of carbonyl (C=O) groups is 1. The molecule has 0 N–H and O–H groups in total. The van der Waals surface area contributed by atoms with E-state index in [-0.39, 0.29) is 16.9 Å². The van der Waals surface area contributed by atoms with Crippen LogP contribution in [0.4, 0.5) is 10.1 Å². The maximum absolute atomic E-state index is 13.1. The highest BCUT2D eigenvalue weighted by atomic mass is 19.1. The topological polar surface area (TPSA) is 60.2 Å². The van der Waals surface area contributed by atoms with E-state index in [4.69, 9.17) is 0 Å². The van der Waals surface area contributed by atoms with Crippen molar-refractivity contribution in [3.05, 3.63) is 39.2 Å². The van der Waals surface area contributed by atoms with Crippen LogP contribution in [0.3, 0.4) is 0 Å². The summed E-state index contributed by atoms with van der Waals surface area (Å²) in [4.78, 5) is 20.6. The Morgan fingerprint density at radius 2 is 2.07 bits per heavy atom. The van der Waals surface area contributed by atoms with Gasteiger partial charge in [-0.15, -0.1) is 0 Å². The molecule has 4 nitrogen and oxygen atoms in total. The van der Waals surface area contributed by atoms with Gasteiger partial charge >= 0.3 is 0 Å². The smallest absolute Gasteiger partial charge is 0.273 e. The van der Waals surface area contributed by atoms with Crippen LogP contribution in [-0.2, 0) is 0 Å². The molecular formula is C9H8FNO3. The lowest BCUT2D eigenvalue weighted by molar-refractivity contribution is -0.385. The first-order valence-corrected chi connectivity index (χ1v) is 3.89. The molecule has 14 heavy (non-hydrogen) atoms. The highest BCUT2D eigenvalue weighted by Crippen LogP contribution is 2.21. The van der Waals surface area contributed by atoms with Crippen LogP contribution < -0.4 is 0 Å². The van der Waals surface area contributed by atoms with Crippen LogP contribution in [0.5, 0.6) is 0 Å². The largest absolute Gasteiger partial charge is 0.294 e. The molecular weight excluding hydrogens is 189 g/mol. The lowest BCUT2D eigenvalue weighted by Gasteiger charge is -2.02. The fourth-order valence-corrected chi connectivity index (χ4v) is 1.14. The molecule has 0 aliphatic carbocycles. The molecule has 0 radical (unpaired) electrons. The monoisotopic (exact) mass is 197 g/mol. The van der Waals surface area contributed by atoms with E-state index < -0.39 is 16.4 Å². The SMILES string of the molecule is CC(=O)c1cc([N+](=O)[O-])cc(F)c1C. The minimum absolute atomic E-state index is 0.0525. The summed E-state index contributed by atoms with van der Waals surface area (Å²) in [5.74, 6) is -1.12. The predicted molar refractivity (Wildman–Crippen MR) is 47.8 cm³/mol. The lowest BCUT2D eigenvalue weighted by Crippen LogP contribution is -2.01. The zero-order valence-corrected chi connectivity index (χ0v) is 7.70. The average Bonchev–Trinajstić information content (AvgIpc) is 2.08. The number of rotatable bonds is 2. The molecule has 1 aromatic carbocycles. The first-order chi connectivity index (χ1) is 6.43. The number of hydrogen-bond donors (Lipinski definition) is 0. The molecule has 0 aliphatic heterocycles. The number of Topliss-reactive ketones (excluding diaryl/α,β-unsaturated/α-hetero) is 1. The summed E-state index contributed by atoms with van der Waals surface area (Å²) in [7, 11) is 0. The van der Waals surface area contributed by atoms with Gasteiger partial charge in [-0.2, -0.15) is 0 Å². The third-order valence-electron chi connectivity index (χ3n) is 1.92. The van der Waals surface area contributed by atoms with Crippen molar-refractivity contribution in [2.75, 3.05) is 0 Å². The average molecular weight is 197 g/mol. The third kappa shape index (κ3) is 1.76. The van der Waals surface area contributed by atoms with E-state index in [1.54, 1.807) is 0 Å². The van der Waals surface area contributed by atoms with Crippen molar-refractivity contribution < 1.29 is 14.1 Å². The van der Waals surface area contributed by atoms with Crippen molar-refractivity contribution in [1.82, 2.24) is 0 Å². The number of nitrogens with zero attached hydrogens (tertiary/aromatic N) is 1. The summed E-state index contributed by atoms with van der Waals surface area (Å²) in [6.07, 6.45) is 0. The van der Waals surface area contributed by atoms with Crippen molar-refractivity contribution in [1.29, 1.82) is 0 Å². The molecule has 0 spiro atoms. The second-order valence-corrected chi connectivity index (χ2v) is 2.91. The van der Waals surface area contributed by atoms with Crippen molar-refractivity contribution in [3.63, 3.8) is 0 Å². The molecule has 0 atom stereocenters. The van der Waals surface area contributed by atoms with Gasteiger partial charge in [0.15, 0.2) is 5.78 Å². The van der Waals surface area contributed by atoms with Gasteiger partial charge in [-0.1, -0.05) is 0 Å². The van der Waals surface area contributed by atoms with Crippen molar-refractivity contribution >= 4 is 11.5 Å². The minimum Gasteiger partial charge on any atom is -0.294 e. The summed E-state index contributed by atoms with van der Waals surface area (Å²) in [5, 5.41) is 10.4. The number of carbonyl (C=O) groups excluding carboxylic acids is 1. The van der Waals surface area contributed by atoms with Gasteiger partial charge in [-0.25, -0.2) is 4.39 Å². The second kappa shape index (κ2) is 3.53. The first-order valence-electron chi connectivity index (χ1n) is 3.89. The molecule has 1 rings (SSSR count). The number of benzene rings is 1. The van der Waals surface area contributed by atoms with Crippen LogP contribution in [-0.4, -0.2) is 10.7 Å². The maximum atomic E-state index is 13.1. The maximum Gasteiger partial charge on any atom is 0.273 e. The normalized spacial score (nSPS) is 9.93. The Labute approximate surface area is 79.5 Å². The number of halogens is 1. The van der Waals surface area contributed by atoms with Crippen LogP contribution in [0, 0.1) is 22.9 Å². The molecule has 0 saturated heterocycles. The zero-order valence-electron chi connectivity index (χ0n) is 7.70. The van der Waals surface area contributed by atoms with Crippen molar-refractivity contribution in [2.45, 2.75) is 13.8 Å². The predicted octanol–water partition coefficient (Wildman–Crippen LogP) is 2.24. The Bertz CT molecular complexity index is 415. The van der Waals surface area contributed by atoms with Crippen LogP contribution in [0.25, 0.3) is 0 Å². The molecule has 0 unspecified atom stereocenters. The number of ketones is 1. The van der Waals surface area contributed by atoms with Gasteiger partial charge in [0.1, 0.15) is 5.82 Å². The summed E-state index contributed by atoms with van der Waals surface area (Å²) in [5.41, 5.74) is -0.210. The lowest BCUT2D eigenvalue weighted by atomic mass is 10.0. The molecule has 1 aromatic rings. The van der Waals surface area contributed by atoms with Crippen LogP contribution >= 0.6 is 0 Å². The van der Waals surface area contributed by atoms with E-state index in [0.29, 0.717) is 0 Å². The van der Waals surface area contributed by atoms with Crippen LogP contribution in [0.1, 0.15) is 22.8 Å².